The largest absolute Gasteiger partial charge is 0.459 e. The van der Waals surface area contributed by atoms with Gasteiger partial charge >= 0.3 is 10.8 Å². The Bertz CT molecular complexity index is 1630. The van der Waals surface area contributed by atoms with Crippen molar-refractivity contribution in [2.45, 2.75) is 4.90 Å². The fraction of sp³-hybridized carbons (Fsp3) is 0. The highest BCUT2D eigenvalue weighted by molar-refractivity contribution is 7.93. The van der Waals surface area contributed by atoms with Crippen LogP contribution in [0.25, 0.3) is 21.1 Å². The first kappa shape index (κ1) is 20.2. The third-order valence-electron chi connectivity index (χ3n) is 4.81. The fourth-order valence-corrected chi connectivity index (χ4v) is 5.54. The molecule has 3 aromatic carbocycles. The molecule has 5 aromatic rings. The molecule has 10 heteroatoms. The minimum Gasteiger partial charge on any atom is -0.459 e. The molecule has 0 atom stereocenters. The Morgan fingerprint density at radius 1 is 0.969 bits per heavy atom. The molecule has 0 spiro atoms. The number of halogens is 1. The van der Waals surface area contributed by atoms with Gasteiger partial charge in [-0.25, -0.2) is 17.6 Å². The van der Waals surface area contributed by atoms with Crippen LogP contribution < -0.4 is 9.24 Å². The van der Waals surface area contributed by atoms with Crippen LogP contribution in [0, 0.1) is 5.82 Å². The fourth-order valence-electron chi connectivity index (χ4n) is 3.41. The van der Waals surface area contributed by atoms with Crippen molar-refractivity contribution in [2.75, 3.05) is 4.31 Å². The highest BCUT2D eigenvalue weighted by Gasteiger charge is 2.35. The molecule has 160 valence electrons. The number of anilines is 1. The van der Waals surface area contributed by atoms with Crippen LogP contribution in [0.2, 0.25) is 0 Å². The Balaban J connectivity index is 1.85. The van der Waals surface area contributed by atoms with E-state index in [1.807, 2.05) is 0 Å². The van der Waals surface area contributed by atoms with E-state index in [0.29, 0.717) is 25.4 Å². The summed E-state index contributed by atoms with van der Waals surface area (Å²) in [6.45, 7) is 0. The number of sulfonamides is 1. The standard InChI is InChI=1S/C22H12FNO6S2/c23-13-7-9-14(10-8-13)32(27,28)24(21(25)18-6-3-11-29-18)17-12-19-20(30-22(26)31-19)16-5-2-1-4-15(16)17/h1-12H. The molecule has 0 bridgehead atoms. The average molecular weight is 469 g/mol. The lowest BCUT2D eigenvalue weighted by Gasteiger charge is -2.23. The number of hydrogen-bond donors (Lipinski definition) is 0. The lowest BCUT2D eigenvalue weighted by molar-refractivity contribution is 0.0979. The van der Waals surface area contributed by atoms with Crippen molar-refractivity contribution in [1.29, 1.82) is 0 Å². The topological polar surface area (TPSA) is 97.8 Å². The zero-order valence-electron chi connectivity index (χ0n) is 16.0. The molecule has 32 heavy (non-hydrogen) atoms. The number of nitrogens with zero attached hydrogens (tertiary/aromatic N) is 1. The van der Waals surface area contributed by atoms with E-state index in [-0.39, 0.29) is 16.3 Å². The van der Waals surface area contributed by atoms with Crippen molar-refractivity contribution in [3.63, 3.8) is 0 Å². The van der Waals surface area contributed by atoms with Crippen molar-refractivity contribution in [2.24, 2.45) is 0 Å². The number of fused-ring (bicyclic) bond motifs is 3. The van der Waals surface area contributed by atoms with E-state index < -0.39 is 26.7 Å². The average Bonchev–Trinajstić information content (AvgIpc) is 3.43. The molecule has 0 radical (unpaired) electrons. The summed E-state index contributed by atoms with van der Waals surface area (Å²) in [6, 6.07) is 15.0. The van der Waals surface area contributed by atoms with Gasteiger partial charge in [-0.05, 0) is 42.5 Å². The van der Waals surface area contributed by atoms with E-state index in [1.165, 1.54) is 24.5 Å². The van der Waals surface area contributed by atoms with Gasteiger partial charge in [-0.15, -0.1) is 0 Å². The second kappa shape index (κ2) is 7.43. The van der Waals surface area contributed by atoms with Gasteiger partial charge in [0.25, 0.3) is 10.0 Å². The molecule has 1 amide bonds. The first-order valence-electron chi connectivity index (χ1n) is 9.20. The van der Waals surface area contributed by atoms with Gasteiger partial charge in [-0.2, -0.15) is 4.31 Å². The molecule has 0 fully saturated rings. The number of furan rings is 1. The highest BCUT2D eigenvalue weighted by atomic mass is 32.2. The summed E-state index contributed by atoms with van der Waals surface area (Å²) < 4.78 is 52.1. The molecule has 7 nitrogen and oxygen atoms in total. The summed E-state index contributed by atoms with van der Waals surface area (Å²) in [5, 5.41) is 0.831. The Morgan fingerprint density at radius 3 is 2.38 bits per heavy atom. The van der Waals surface area contributed by atoms with Crippen LogP contribution in [0.15, 0.2) is 91.5 Å². The van der Waals surface area contributed by atoms with Gasteiger partial charge in [0.05, 0.1) is 21.5 Å². The number of hydrogen-bond acceptors (Lipinski definition) is 7. The maximum absolute atomic E-state index is 13.6. The lowest BCUT2D eigenvalue weighted by atomic mass is 10.1. The molecule has 5 rings (SSSR count). The summed E-state index contributed by atoms with van der Waals surface area (Å²) in [6.07, 6.45) is 1.25. The van der Waals surface area contributed by atoms with E-state index >= 15 is 0 Å². The molecule has 2 aromatic heterocycles. The van der Waals surface area contributed by atoms with Crippen molar-refractivity contribution in [3.8, 4) is 0 Å². The van der Waals surface area contributed by atoms with Gasteiger partial charge in [0, 0.05) is 10.8 Å². The Labute approximate surface area is 184 Å². The number of amides is 1. The van der Waals surface area contributed by atoms with Crippen molar-refractivity contribution in [3.05, 3.63) is 94.3 Å². The Hall–Kier alpha value is -3.76. The molecule has 0 N–H and O–H groups in total. The molecule has 0 aliphatic heterocycles. The van der Waals surface area contributed by atoms with E-state index in [9.17, 15) is 22.4 Å². The maximum atomic E-state index is 13.6. The molecule has 0 saturated heterocycles. The number of carbonyl (C=O) groups excluding carboxylic acids is 1. The molecule has 0 saturated carbocycles. The van der Waals surface area contributed by atoms with E-state index in [0.717, 1.165) is 35.6 Å². The highest BCUT2D eigenvalue weighted by Crippen LogP contribution is 2.38. The van der Waals surface area contributed by atoms with Crippen molar-refractivity contribution in [1.82, 2.24) is 0 Å². The third kappa shape index (κ3) is 3.20. The number of carbonyl (C=O) groups is 1. The molecule has 0 aliphatic carbocycles. The van der Waals surface area contributed by atoms with E-state index in [4.69, 9.17) is 8.83 Å². The van der Waals surface area contributed by atoms with Gasteiger partial charge in [0.1, 0.15) is 5.82 Å². The summed E-state index contributed by atoms with van der Waals surface area (Å²) in [5.41, 5.74) is 0.305. The normalized spacial score (nSPS) is 11.8. The smallest absolute Gasteiger partial charge is 0.396 e. The predicted octanol–water partition coefficient (Wildman–Crippen LogP) is 4.78. The van der Waals surface area contributed by atoms with Crippen molar-refractivity contribution >= 4 is 54.0 Å². The quantitative estimate of drug-likeness (QED) is 0.376. The minimum atomic E-state index is -4.50. The van der Waals surface area contributed by atoms with Crippen LogP contribution in [0.3, 0.4) is 0 Å². The maximum Gasteiger partial charge on any atom is 0.396 e. The summed E-state index contributed by atoms with van der Waals surface area (Å²) in [5.74, 6) is -1.78. The summed E-state index contributed by atoms with van der Waals surface area (Å²) >= 11 is 0.788. The lowest BCUT2D eigenvalue weighted by Crippen LogP contribution is -2.37. The minimum absolute atomic E-state index is 0.0101. The molecule has 2 heterocycles. The van der Waals surface area contributed by atoms with Gasteiger partial charge in [-0.3, -0.25) is 4.79 Å². The van der Waals surface area contributed by atoms with Crippen LogP contribution in [0.1, 0.15) is 10.6 Å². The Kier molecular flexibility index (Phi) is 4.68. The zero-order valence-corrected chi connectivity index (χ0v) is 17.7. The molecule has 0 aliphatic rings. The first-order chi connectivity index (χ1) is 15.4. The van der Waals surface area contributed by atoms with Gasteiger partial charge in [-0.1, -0.05) is 35.6 Å². The molecular weight excluding hydrogens is 457 g/mol. The Morgan fingerprint density at radius 2 is 1.69 bits per heavy atom. The van der Waals surface area contributed by atoms with E-state index in [2.05, 4.69) is 0 Å². The zero-order chi connectivity index (χ0) is 22.5. The van der Waals surface area contributed by atoms with Gasteiger partial charge in [0.15, 0.2) is 11.3 Å². The number of rotatable bonds is 4. The van der Waals surface area contributed by atoms with Gasteiger partial charge < -0.3 is 8.83 Å². The summed E-state index contributed by atoms with van der Waals surface area (Å²) in [4.78, 5) is 24.4. The summed E-state index contributed by atoms with van der Waals surface area (Å²) in [7, 11) is -4.50. The van der Waals surface area contributed by atoms with Crippen LogP contribution in [-0.2, 0) is 10.0 Å². The SMILES string of the molecule is O=C(c1ccco1)N(c1cc2sc(=O)oc2c2ccccc12)S(=O)(=O)c1ccc(F)cc1. The van der Waals surface area contributed by atoms with Crippen LogP contribution in [0.4, 0.5) is 10.1 Å². The van der Waals surface area contributed by atoms with Gasteiger partial charge in [0.2, 0.25) is 0 Å². The monoisotopic (exact) mass is 469 g/mol. The van der Waals surface area contributed by atoms with Crippen LogP contribution in [-0.4, -0.2) is 14.3 Å². The van der Waals surface area contributed by atoms with E-state index in [1.54, 1.807) is 24.3 Å². The van der Waals surface area contributed by atoms with Crippen molar-refractivity contribution < 1.29 is 26.4 Å². The second-order valence-electron chi connectivity index (χ2n) is 6.73. The van der Waals surface area contributed by atoms with Crippen LogP contribution in [0.5, 0.6) is 0 Å². The second-order valence-corrected chi connectivity index (χ2v) is 9.49. The predicted molar refractivity (Wildman–Crippen MR) is 117 cm³/mol. The first-order valence-corrected chi connectivity index (χ1v) is 11.5. The third-order valence-corrected chi connectivity index (χ3v) is 7.29. The number of benzene rings is 3. The molecular formula is C22H12FNO6S2. The molecule has 0 unspecified atom stereocenters. The van der Waals surface area contributed by atoms with Crippen LogP contribution >= 0.6 is 11.3 Å².